The Morgan fingerprint density at radius 3 is 2.42 bits per heavy atom. The molecule has 0 bridgehead atoms. The predicted molar refractivity (Wildman–Crippen MR) is 100 cm³/mol. The molecule has 2 aliphatic rings. The van der Waals surface area contributed by atoms with Crippen LogP contribution in [-0.2, 0) is 11.3 Å². The quantitative estimate of drug-likeness (QED) is 0.815. The van der Waals surface area contributed by atoms with E-state index in [0.717, 1.165) is 36.9 Å². The van der Waals surface area contributed by atoms with Crippen LogP contribution in [-0.4, -0.2) is 45.5 Å². The van der Waals surface area contributed by atoms with E-state index < -0.39 is 7.12 Å². The molecule has 2 N–H and O–H groups in total. The molecule has 6 heteroatoms. The van der Waals surface area contributed by atoms with Crippen LogP contribution in [0.4, 0.5) is 0 Å². The minimum absolute atomic E-state index is 0.0411. The summed E-state index contributed by atoms with van der Waals surface area (Å²) in [5.74, 6) is 0.199. The largest absolute Gasteiger partial charge is 0.488 e. The van der Waals surface area contributed by atoms with Crippen LogP contribution in [0.1, 0.15) is 36.6 Å². The molecule has 134 valence electrons. The van der Waals surface area contributed by atoms with Gasteiger partial charge in [0.05, 0.1) is 6.04 Å². The Labute approximate surface area is 154 Å². The molecule has 1 unspecified atom stereocenters. The lowest BCUT2D eigenvalue weighted by atomic mass is 9.80. The average molecular weight is 350 g/mol. The van der Waals surface area contributed by atoms with E-state index in [-0.39, 0.29) is 18.1 Å². The lowest BCUT2D eigenvalue weighted by Gasteiger charge is -2.34. The fourth-order valence-corrected chi connectivity index (χ4v) is 4.16. The summed E-state index contributed by atoms with van der Waals surface area (Å²) >= 11 is 0. The van der Waals surface area contributed by atoms with Crippen LogP contribution in [0.5, 0.6) is 0 Å². The summed E-state index contributed by atoms with van der Waals surface area (Å²) in [6, 6.07) is 17.3. The minimum atomic E-state index is -1.47. The summed E-state index contributed by atoms with van der Waals surface area (Å²) in [7, 11) is -1.47. The molecule has 0 saturated carbocycles. The van der Waals surface area contributed by atoms with Crippen molar-refractivity contribution >= 4 is 18.5 Å². The molecule has 2 fully saturated rings. The molecule has 4 rings (SSSR count). The van der Waals surface area contributed by atoms with Crippen LogP contribution in [0, 0.1) is 0 Å². The second-order valence-electron chi connectivity index (χ2n) is 7.12. The highest BCUT2D eigenvalue weighted by Crippen LogP contribution is 2.39. The molecule has 0 spiro atoms. The topological polar surface area (TPSA) is 64.0 Å². The van der Waals surface area contributed by atoms with Gasteiger partial charge in [-0.15, -0.1) is 0 Å². The molecule has 2 saturated heterocycles. The van der Waals surface area contributed by atoms with Crippen LogP contribution in [0.15, 0.2) is 54.6 Å². The first-order valence-corrected chi connectivity index (χ1v) is 9.21. The van der Waals surface area contributed by atoms with E-state index in [0.29, 0.717) is 12.0 Å². The molecular formula is C20H23BN2O3. The fraction of sp³-hybridized carbons (Fsp3) is 0.350. The first kappa shape index (κ1) is 17.3. The molecule has 1 amide bonds. The van der Waals surface area contributed by atoms with Crippen molar-refractivity contribution in [3.63, 3.8) is 0 Å². The van der Waals surface area contributed by atoms with Crippen molar-refractivity contribution in [3.05, 3.63) is 65.7 Å². The van der Waals surface area contributed by atoms with Gasteiger partial charge in [-0.05, 0) is 29.4 Å². The van der Waals surface area contributed by atoms with Gasteiger partial charge in [-0.25, -0.2) is 0 Å². The summed E-state index contributed by atoms with van der Waals surface area (Å²) in [4.78, 5) is 17.4. The minimum Gasteiger partial charge on any atom is -0.423 e. The van der Waals surface area contributed by atoms with E-state index in [1.54, 1.807) is 12.1 Å². The third kappa shape index (κ3) is 3.16. The Morgan fingerprint density at radius 1 is 1.00 bits per heavy atom. The van der Waals surface area contributed by atoms with Crippen molar-refractivity contribution in [1.82, 2.24) is 9.80 Å². The molecule has 2 atom stereocenters. The van der Waals surface area contributed by atoms with Gasteiger partial charge in [0.2, 0.25) is 5.91 Å². The highest BCUT2D eigenvalue weighted by Gasteiger charge is 2.47. The van der Waals surface area contributed by atoms with Gasteiger partial charge in [0.15, 0.2) is 0 Å². The van der Waals surface area contributed by atoms with Crippen LogP contribution in [0.2, 0.25) is 0 Å². The molecular weight excluding hydrogens is 327 g/mol. The Morgan fingerprint density at radius 2 is 1.73 bits per heavy atom. The number of carbonyl (C=O) groups excluding carboxylic acids is 1. The highest BCUT2D eigenvalue weighted by atomic mass is 16.4. The average Bonchev–Trinajstić information content (AvgIpc) is 2.95. The number of nitrogens with zero attached hydrogens (tertiary/aromatic N) is 2. The van der Waals surface area contributed by atoms with Gasteiger partial charge in [0.1, 0.15) is 6.17 Å². The van der Waals surface area contributed by atoms with E-state index in [1.807, 2.05) is 47.4 Å². The first-order chi connectivity index (χ1) is 12.6. The number of amides is 1. The second-order valence-corrected chi connectivity index (χ2v) is 7.12. The Bertz CT molecular complexity index is 766. The maximum absolute atomic E-state index is 13.1. The summed E-state index contributed by atoms with van der Waals surface area (Å²) in [5.41, 5.74) is 2.60. The lowest BCUT2D eigenvalue weighted by molar-refractivity contribution is -0.131. The van der Waals surface area contributed by atoms with E-state index in [4.69, 9.17) is 0 Å². The first-order valence-electron chi connectivity index (χ1n) is 9.21. The Kier molecular flexibility index (Phi) is 4.81. The van der Waals surface area contributed by atoms with Gasteiger partial charge >= 0.3 is 7.12 Å². The summed E-state index contributed by atoms with van der Waals surface area (Å²) in [6.07, 6.45) is 3.01. The standard InChI is InChI=1S/C20H23BN2O3/c24-20-18-8-4-5-13-22(18)19(16-9-11-17(12-10-16)21(25)26)23(20)14-15-6-2-1-3-7-15/h1-3,6-7,9-12,18-19,25-26H,4-5,8,13-14H2/t18?,19-/m0/s1. The van der Waals surface area contributed by atoms with Crippen molar-refractivity contribution in [2.75, 3.05) is 6.54 Å². The fourth-order valence-electron chi connectivity index (χ4n) is 4.16. The summed E-state index contributed by atoms with van der Waals surface area (Å²) in [5, 5.41) is 18.7. The van der Waals surface area contributed by atoms with Crippen LogP contribution < -0.4 is 5.46 Å². The molecule has 26 heavy (non-hydrogen) atoms. The van der Waals surface area contributed by atoms with Crippen LogP contribution in [0.3, 0.4) is 0 Å². The smallest absolute Gasteiger partial charge is 0.423 e. The Balaban J connectivity index is 1.68. The highest BCUT2D eigenvalue weighted by molar-refractivity contribution is 6.58. The number of piperidine rings is 1. The Hall–Kier alpha value is -2.15. The molecule has 0 aromatic heterocycles. The van der Waals surface area contributed by atoms with Crippen LogP contribution in [0.25, 0.3) is 0 Å². The van der Waals surface area contributed by atoms with Crippen molar-refractivity contribution in [3.8, 4) is 0 Å². The van der Waals surface area contributed by atoms with Gasteiger partial charge in [-0.2, -0.15) is 0 Å². The number of hydrogen-bond acceptors (Lipinski definition) is 4. The van der Waals surface area contributed by atoms with Gasteiger partial charge < -0.3 is 14.9 Å². The number of hydrogen-bond donors (Lipinski definition) is 2. The van der Waals surface area contributed by atoms with E-state index in [2.05, 4.69) is 4.90 Å². The zero-order valence-corrected chi connectivity index (χ0v) is 14.7. The molecule has 2 aromatic rings. The zero-order chi connectivity index (χ0) is 18.1. The van der Waals surface area contributed by atoms with Gasteiger partial charge in [-0.3, -0.25) is 9.69 Å². The summed E-state index contributed by atoms with van der Waals surface area (Å²) < 4.78 is 0. The molecule has 0 radical (unpaired) electrons. The van der Waals surface area contributed by atoms with Crippen molar-refractivity contribution < 1.29 is 14.8 Å². The molecule has 0 aliphatic carbocycles. The third-order valence-electron chi connectivity index (χ3n) is 5.45. The SMILES string of the molecule is O=C1C2CCCCN2[C@H](c2ccc(B(O)O)cc2)N1Cc1ccccc1. The number of carbonyl (C=O) groups is 1. The van der Waals surface area contributed by atoms with Gasteiger partial charge in [0.25, 0.3) is 0 Å². The summed E-state index contributed by atoms with van der Waals surface area (Å²) in [6.45, 7) is 1.50. The van der Waals surface area contributed by atoms with Crippen molar-refractivity contribution in [2.24, 2.45) is 0 Å². The second kappa shape index (κ2) is 7.23. The van der Waals surface area contributed by atoms with E-state index >= 15 is 0 Å². The van der Waals surface area contributed by atoms with E-state index in [9.17, 15) is 14.8 Å². The molecule has 2 aromatic carbocycles. The van der Waals surface area contributed by atoms with Crippen molar-refractivity contribution in [2.45, 2.75) is 38.0 Å². The predicted octanol–water partition coefficient (Wildman–Crippen LogP) is 1.26. The number of rotatable bonds is 4. The van der Waals surface area contributed by atoms with Gasteiger partial charge in [-0.1, -0.05) is 61.0 Å². The molecule has 2 heterocycles. The zero-order valence-electron chi connectivity index (χ0n) is 14.7. The third-order valence-corrected chi connectivity index (χ3v) is 5.45. The van der Waals surface area contributed by atoms with Crippen molar-refractivity contribution in [1.29, 1.82) is 0 Å². The number of benzene rings is 2. The normalized spacial score (nSPS) is 23.2. The van der Waals surface area contributed by atoms with E-state index in [1.165, 1.54) is 0 Å². The lowest BCUT2D eigenvalue weighted by Crippen LogP contribution is -2.38. The maximum Gasteiger partial charge on any atom is 0.488 e. The molecule has 5 nitrogen and oxygen atoms in total. The van der Waals surface area contributed by atoms with Gasteiger partial charge in [0, 0.05) is 13.1 Å². The molecule has 2 aliphatic heterocycles. The monoisotopic (exact) mass is 350 g/mol. The van der Waals surface area contributed by atoms with Crippen LogP contribution >= 0.6 is 0 Å². The maximum atomic E-state index is 13.1. The number of fused-ring (bicyclic) bond motifs is 1.